The van der Waals surface area contributed by atoms with E-state index in [0.29, 0.717) is 19.4 Å². The second-order valence-electron chi connectivity index (χ2n) is 4.20. The van der Waals surface area contributed by atoms with Gasteiger partial charge in [-0.15, -0.1) is 0 Å². The van der Waals surface area contributed by atoms with Crippen LogP contribution in [-0.4, -0.2) is 25.7 Å². The lowest BCUT2D eigenvalue weighted by Gasteiger charge is -2.12. The van der Waals surface area contributed by atoms with E-state index in [-0.39, 0.29) is 18.0 Å². The van der Waals surface area contributed by atoms with Crippen molar-refractivity contribution in [3.63, 3.8) is 0 Å². The average Bonchev–Trinajstić information content (AvgIpc) is 2.37. The number of halogens is 2. The Bertz CT molecular complexity index is 427. The molecular weight excluding hydrogens is 254 g/mol. The first-order valence-electron chi connectivity index (χ1n) is 6.00. The summed E-state index contributed by atoms with van der Waals surface area (Å²) in [6, 6.07) is 2.56. The number of carbonyl (C=O) groups is 1. The molecule has 3 N–H and O–H groups in total. The van der Waals surface area contributed by atoms with E-state index in [4.69, 9.17) is 10.5 Å². The quantitative estimate of drug-likeness (QED) is 0.736. The molecule has 4 nitrogen and oxygen atoms in total. The topological polar surface area (TPSA) is 64.3 Å². The third kappa shape index (κ3) is 5.32. The van der Waals surface area contributed by atoms with Crippen LogP contribution >= 0.6 is 0 Å². The molecule has 106 valence electrons. The van der Waals surface area contributed by atoms with Crippen LogP contribution in [0.5, 0.6) is 0 Å². The summed E-state index contributed by atoms with van der Waals surface area (Å²) in [7, 11) is 1.57. The average molecular weight is 272 g/mol. The van der Waals surface area contributed by atoms with Crippen LogP contribution < -0.4 is 11.1 Å². The predicted octanol–water partition coefficient (Wildman–Crippen LogP) is 1.33. The van der Waals surface area contributed by atoms with Crippen molar-refractivity contribution in [3.8, 4) is 0 Å². The molecule has 0 spiro atoms. The first-order chi connectivity index (χ1) is 9.04. The molecule has 1 rings (SSSR count). The number of ether oxygens (including phenoxy) is 1. The van der Waals surface area contributed by atoms with Crippen LogP contribution in [-0.2, 0) is 16.1 Å². The summed E-state index contributed by atoms with van der Waals surface area (Å²) in [6.45, 7) is 0.524. The zero-order chi connectivity index (χ0) is 14.3. The SMILES string of the molecule is COCCCC(N)C(=O)NCc1ccc(F)cc1F. The summed E-state index contributed by atoms with van der Waals surface area (Å²) in [5.74, 6) is -1.70. The Balaban J connectivity index is 2.40. The number of hydrogen-bond acceptors (Lipinski definition) is 3. The minimum Gasteiger partial charge on any atom is -0.385 e. The normalized spacial score (nSPS) is 12.2. The van der Waals surface area contributed by atoms with Gasteiger partial charge >= 0.3 is 0 Å². The van der Waals surface area contributed by atoms with E-state index in [2.05, 4.69) is 5.32 Å². The third-order valence-corrected chi connectivity index (χ3v) is 2.67. The summed E-state index contributed by atoms with van der Waals surface area (Å²) in [5.41, 5.74) is 5.88. The number of methoxy groups -OCH3 is 1. The van der Waals surface area contributed by atoms with E-state index in [1.54, 1.807) is 7.11 Å². The molecule has 0 fully saturated rings. The van der Waals surface area contributed by atoms with Gasteiger partial charge in [0.15, 0.2) is 0 Å². The third-order valence-electron chi connectivity index (χ3n) is 2.67. The first-order valence-corrected chi connectivity index (χ1v) is 6.00. The highest BCUT2D eigenvalue weighted by molar-refractivity contribution is 5.81. The molecule has 0 bridgehead atoms. The minimum atomic E-state index is -0.687. The molecule has 19 heavy (non-hydrogen) atoms. The summed E-state index contributed by atoms with van der Waals surface area (Å²) in [6.07, 6.45) is 1.17. The van der Waals surface area contributed by atoms with Crippen molar-refractivity contribution in [2.75, 3.05) is 13.7 Å². The van der Waals surface area contributed by atoms with Crippen molar-refractivity contribution in [3.05, 3.63) is 35.4 Å². The fraction of sp³-hybridized carbons (Fsp3) is 0.462. The van der Waals surface area contributed by atoms with Gasteiger partial charge in [0.1, 0.15) is 11.6 Å². The lowest BCUT2D eigenvalue weighted by molar-refractivity contribution is -0.122. The van der Waals surface area contributed by atoms with Crippen LogP contribution in [0.3, 0.4) is 0 Å². The molecule has 1 unspecified atom stereocenters. The van der Waals surface area contributed by atoms with E-state index in [9.17, 15) is 13.6 Å². The van der Waals surface area contributed by atoms with E-state index in [0.717, 1.165) is 12.1 Å². The highest BCUT2D eigenvalue weighted by atomic mass is 19.1. The van der Waals surface area contributed by atoms with Gasteiger partial charge in [-0.2, -0.15) is 0 Å². The van der Waals surface area contributed by atoms with Gasteiger partial charge in [0.05, 0.1) is 6.04 Å². The Kier molecular flexibility index (Phi) is 6.38. The highest BCUT2D eigenvalue weighted by Gasteiger charge is 2.13. The number of hydrogen-bond donors (Lipinski definition) is 2. The Morgan fingerprint density at radius 3 is 2.84 bits per heavy atom. The van der Waals surface area contributed by atoms with E-state index < -0.39 is 17.7 Å². The van der Waals surface area contributed by atoms with Gasteiger partial charge in [0.2, 0.25) is 5.91 Å². The molecule has 0 saturated carbocycles. The van der Waals surface area contributed by atoms with Crippen LogP contribution in [0, 0.1) is 11.6 Å². The predicted molar refractivity (Wildman–Crippen MR) is 67.3 cm³/mol. The lowest BCUT2D eigenvalue weighted by atomic mass is 10.1. The van der Waals surface area contributed by atoms with Crippen molar-refractivity contribution in [2.45, 2.75) is 25.4 Å². The number of amides is 1. The largest absolute Gasteiger partial charge is 0.385 e. The van der Waals surface area contributed by atoms with Crippen LogP contribution in [0.15, 0.2) is 18.2 Å². The van der Waals surface area contributed by atoms with Gasteiger partial charge in [0, 0.05) is 31.9 Å². The zero-order valence-corrected chi connectivity index (χ0v) is 10.8. The van der Waals surface area contributed by atoms with E-state index in [1.807, 2.05) is 0 Å². The summed E-state index contributed by atoms with van der Waals surface area (Å²) < 4.78 is 30.9. The molecule has 0 aliphatic carbocycles. The number of benzene rings is 1. The summed E-state index contributed by atoms with van der Waals surface area (Å²) in [4.78, 5) is 11.6. The molecule has 1 aromatic rings. The smallest absolute Gasteiger partial charge is 0.237 e. The van der Waals surface area contributed by atoms with Crippen LogP contribution in [0.4, 0.5) is 8.78 Å². The van der Waals surface area contributed by atoms with Gasteiger partial charge in [-0.25, -0.2) is 8.78 Å². The fourth-order valence-electron chi connectivity index (χ4n) is 1.56. The van der Waals surface area contributed by atoms with Gasteiger partial charge in [-0.3, -0.25) is 4.79 Å². The molecule has 0 aliphatic rings. The number of carbonyl (C=O) groups excluding carboxylic acids is 1. The van der Waals surface area contributed by atoms with Crippen molar-refractivity contribution >= 4 is 5.91 Å². The number of rotatable bonds is 7. The van der Waals surface area contributed by atoms with Gasteiger partial charge in [-0.05, 0) is 18.9 Å². The summed E-state index contributed by atoms with van der Waals surface area (Å²) >= 11 is 0. The van der Waals surface area contributed by atoms with Crippen LogP contribution in [0.1, 0.15) is 18.4 Å². The molecule has 0 saturated heterocycles. The van der Waals surface area contributed by atoms with Crippen molar-refractivity contribution < 1.29 is 18.3 Å². The van der Waals surface area contributed by atoms with Crippen LogP contribution in [0.25, 0.3) is 0 Å². The number of nitrogens with one attached hydrogen (secondary N) is 1. The molecule has 1 aromatic carbocycles. The monoisotopic (exact) mass is 272 g/mol. The Morgan fingerprint density at radius 2 is 2.21 bits per heavy atom. The van der Waals surface area contributed by atoms with Crippen LogP contribution in [0.2, 0.25) is 0 Å². The summed E-state index contributed by atoms with van der Waals surface area (Å²) in [5, 5.41) is 2.52. The maximum atomic E-state index is 13.3. The van der Waals surface area contributed by atoms with Gasteiger partial charge in [0.25, 0.3) is 0 Å². The molecule has 0 aliphatic heterocycles. The minimum absolute atomic E-state index is 0.0110. The maximum absolute atomic E-state index is 13.3. The molecule has 0 aromatic heterocycles. The van der Waals surface area contributed by atoms with E-state index >= 15 is 0 Å². The Labute approximate surface area is 110 Å². The molecule has 1 amide bonds. The maximum Gasteiger partial charge on any atom is 0.237 e. The molecule has 0 heterocycles. The second-order valence-corrected chi connectivity index (χ2v) is 4.20. The first kappa shape index (κ1) is 15.5. The molecule has 6 heteroatoms. The molecular formula is C13H18F2N2O2. The Hall–Kier alpha value is -1.53. The number of nitrogens with two attached hydrogens (primary N) is 1. The fourth-order valence-corrected chi connectivity index (χ4v) is 1.56. The van der Waals surface area contributed by atoms with Crippen molar-refractivity contribution in [2.24, 2.45) is 5.73 Å². The zero-order valence-electron chi connectivity index (χ0n) is 10.8. The van der Waals surface area contributed by atoms with E-state index in [1.165, 1.54) is 6.07 Å². The second kappa shape index (κ2) is 7.81. The molecule has 1 atom stereocenters. The highest BCUT2D eigenvalue weighted by Crippen LogP contribution is 2.09. The van der Waals surface area contributed by atoms with Gasteiger partial charge in [-0.1, -0.05) is 6.07 Å². The van der Waals surface area contributed by atoms with Crippen molar-refractivity contribution in [1.82, 2.24) is 5.32 Å². The standard InChI is InChI=1S/C13H18F2N2O2/c1-19-6-2-3-12(16)13(18)17-8-9-4-5-10(14)7-11(9)15/h4-5,7,12H,2-3,6,8,16H2,1H3,(H,17,18). The Morgan fingerprint density at radius 1 is 1.47 bits per heavy atom. The lowest BCUT2D eigenvalue weighted by Crippen LogP contribution is -2.40. The molecule has 0 radical (unpaired) electrons. The van der Waals surface area contributed by atoms with Crippen molar-refractivity contribution in [1.29, 1.82) is 0 Å². The van der Waals surface area contributed by atoms with Gasteiger partial charge < -0.3 is 15.8 Å².